The number of hydrogen-bond acceptors (Lipinski definition) is 3. The summed E-state index contributed by atoms with van der Waals surface area (Å²) in [7, 11) is 0. The Morgan fingerprint density at radius 3 is 2.33 bits per heavy atom. The van der Waals surface area contributed by atoms with E-state index in [0.717, 1.165) is 19.3 Å². The van der Waals surface area contributed by atoms with Gasteiger partial charge in [-0.1, -0.05) is 6.42 Å². The monoisotopic (exact) mass is 212 g/mol. The van der Waals surface area contributed by atoms with Gasteiger partial charge in [-0.15, -0.1) is 0 Å². The molecule has 0 radical (unpaired) electrons. The smallest absolute Gasteiger partial charge is 0.217 e. The molecule has 0 unspecified atom stereocenters. The highest BCUT2D eigenvalue weighted by atomic mass is 16.3. The molecule has 1 aromatic rings. The van der Waals surface area contributed by atoms with E-state index in [-0.39, 0.29) is 17.7 Å². The molecule has 1 heterocycles. The summed E-state index contributed by atoms with van der Waals surface area (Å²) in [4.78, 5) is 10.4. The molecule has 0 aliphatic carbocycles. The molecule has 1 aromatic heterocycles. The van der Waals surface area contributed by atoms with Gasteiger partial charge in [0.1, 0.15) is 0 Å². The first-order valence-electron chi connectivity index (χ1n) is 4.97. The number of aromatic hydroxyl groups is 2. The molecule has 0 aliphatic rings. The van der Waals surface area contributed by atoms with Crippen LogP contribution < -0.4 is 5.73 Å². The van der Waals surface area contributed by atoms with Crippen LogP contribution in [0.2, 0.25) is 0 Å². The highest BCUT2D eigenvalue weighted by Crippen LogP contribution is 2.21. The number of rotatable bonds is 6. The van der Waals surface area contributed by atoms with Crippen LogP contribution in [-0.2, 0) is 11.3 Å². The minimum atomic E-state index is -0.290. The van der Waals surface area contributed by atoms with Crippen molar-refractivity contribution in [1.29, 1.82) is 0 Å². The normalized spacial score (nSPS) is 10.4. The molecule has 0 fully saturated rings. The standard InChI is InChI=1S/C10H16N2O3/c11-8(13)4-2-1-3-7-12-9(14)5-6-10(12)15/h5-6,14-15H,1-4,7H2,(H2,11,13). The Balaban J connectivity index is 2.23. The summed E-state index contributed by atoms with van der Waals surface area (Å²) in [6.07, 6.45) is 2.78. The van der Waals surface area contributed by atoms with Gasteiger partial charge in [0.15, 0.2) is 11.8 Å². The highest BCUT2D eigenvalue weighted by Gasteiger charge is 2.04. The molecule has 15 heavy (non-hydrogen) atoms. The van der Waals surface area contributed by atoms with Crippen molar-refractivity contribution in [2.24, 2.45) is 5.73 Å². The summed E-state index contributed by atoms with van der Waals surface area (Å²) in [5.74, 6) is -0.175. The number of aromatic nitrogens is 1. The highest BCUT2D eigenvalue weighted by molar-refractivity contribution is 5.73. The molecule has 1 amide bonds. The van der Waals surface area contributed by atoms with Crippen LogP contribution in [0.5, 0.6) is 11.8 Å². The maximum Gasteiger partial charge on any atom is 0.217 e. The van der Waals surface area contributed by atoms with E-state index in [2.05, 4.69) is 0 Å². The van der Waals surface area contributed by atoms with Crippen LogP contribution in [0, 0.1) is 0 Å². The van der Waals surface area contributed by atoms with E-state index in [9.17, 15) is 15.0 Å². The molecule has 4 N–H and O–H groups in total. The van der Waals surface area contributed by atoms with E-state index in [0.29, 0.717) is 13.0 Å². The second-order valence-electron chi connectivity index (χ2n) is 3.48. The van der Waals surface area contributed by atoms with E-state index < -0.39 is 0 Å². The summed E-state index contributed by atoms with van der Waals surface area (Å²) in [6.45, 7) is 0.545. The van der Waals surface area contributed by atoms with Crippen LogP contribution in [0.15, 0.2) is 12.1 Å². The van der Waals surface area contributed by atoms with Crippen molar-refractivity contribution in [2.75, 3.05) is 0 Å². The number of unbranched alkanes of at least 4 members (excludes halogenated alkanes) is 2. The van der Waals surface area contributed by atoms with E-state index in [1.807, 2.05) is 0 Å². The zero-order valence-electron chi connectivity index (χ0n) is 8.52. The third-order valence-electron chi connectivity index (χ3n) is 2.24. The maximum absolute atomic E-state index is 10.4. The third kappa shape index (κ3) is 3.53. The van der Waals surface area contributed by atoms with Crippen molar-refractivity contribution in [3.05, 3.63) is 12.1 Å². The maximum atomic E-state index is 10.4. The SMILES string of the molecule is NC(=O)CCCCCn1c(O)ccc1O. The van der Waals surface area contributed by atoms with Crippen molar-refractivity contribution >= 4 is 5.91 Å². The van der Waals surface area contributed by atoms with Crippen LogP contribution in [0.3, 0.4) is 0 Å². The zero-order valence-corrected chi connectivity index (χ0v) is 8.52. The van der Waals surface area contributed by atoms with Crippen molar-refractivity contribution in [3.8, 4) is 11.8 Å². The Bertz CT molecular complexity index is 314. The predicted molar refractivity (Wildman–Crippen MR) is 55.4 cm³/mol. The Morgan fingerprint density at radius 1 is 1.20 bits per heavy atom. The average Bonchev–Trinajstić information content (AvgIpc) is 2.47. The van der Waals surface area contributed by atoms with Crippen molar-refractivity contribution < 1.29 is 15.0 Å². The number of primary amides is 1. The van der Waals surface area contributed by atoms with Crippen LogP contribution >= 0.6 is 0 Å². The fraction of sp³-hybridized carbons (Fsp3) is 0.500. The molecule has 0 aliphatic heterocycles. The third-order valence-corrected chi connectivity index (χ3v) is 2.24. The second kappa shape index (κ2) is 5.29. The number of nitrogens with zero attached hydrogens (tertiary/aromatic N) is 1. The Hall–Kier alpha value is -1.65. The molecule has 5 heteroatoms. The lowest BCUT2D eigenvalue weighted by Crippen LogP contribution is -2.09. The first-order chi connectivity index (χ1) is 7.11. The Morgan fingerprint density at radius 2 is 1.80 bits per heavy atom. The molecule has 1 rings (SSSR count). The molecule has 0 spiro atoms. The fourth-order valence-electron chi connectivity index (χ4n) is 1.42. The molecule has 0 bridgehead atoms. The molecule has 84 valence electrons. The van der Waals surface area contributed by atoms with Crippen LogP contribution in [-0.4, -0.2) is 20.7 Å². The second-order valence-corrected chi connectivity index (χ2v) is 3.48. The van der Waals surface area contributed by atoms with Crippen LogP contribution in [0.25, 0.3) is 0 Å². The van der Waals surface area contributed by atoms with E-state index in [4.69, 9.17) is 5.73 Å². The number of carbonyl (C=O) groups is 1. The number of amides is 1. The summed E-state index contributed by atoms with van der Waals surface area (Å²) >= 11 is 0. The van der Waals surface area contributed by atoms with Gasteiger partial charge in [-0.2, -0.15) is 0 Å². The van der Waals surface area contributed by atoms with Crippen molar-refractivity contribution in [3.63, 3.8) is 0 Å². The van der Waals surface area contributed by atoms with Gasteiger partial charge in [0, 0.05) is 25.1 Å². The van der Waals surface area contributed by atoms with Gasteiger partial charge in [-0.25, -0.2) is 0 Å². The van der Waals surface area contributed by atoms with E-state index >= 15 is 0 Å². The van der Waals surface area contributed by atoms with Gasteiger partial charge in [-0.3, -0.25) is 9.36 Å². The van der Waals surface area contributed by atoms with Gasteiger partial charge < -0.3 is 15.9 Å². The van der Waals surface area contributed by atoms with Crippen LogP contribution in [0.4, 0.5) is 0 Å². The first kappa shape index (κ1) is 11.4. The van der Waals surface area contributed by atoms with Crippen LogP contribution in [0.1, 0.15) is 25.7 Å². The zero-order chi connectivity index (χ0) is 11.3. The van der Waals surface area contributed by atoms with Gasteiger partial charge in [0.25, 0.3) is 0 Å². The van der Waals surface area contributed by atoms with Gasteiger partial charge >= 0.3 is 0 Å². The van der Waals surface area contributed by atoms with Gasteiger partial charge in [0.2, 0.25) is 5.91 Å². The first-order valence-corrected chi connectivity index (χ1v) is 4.97. The number of carbonyl (C=O) groups excluding carboxylic acids is 1. The molecule has 0 aromatic carbocycles. The minimum Gasteiger partial charge on any atom is -0.494 e. The molecular weight excluding hydrogens is 196 g/mol. The number of hydrogen-bond donors (Lipinski definition) is 3. The summed E-state index contributed by atoms with van der Waals surface area (Å²) in [6, 6.07) is 2.89. The topological polar surface area (TPSA) is 88.5 Å². The number of nitrogens with two attached hydrogens (primary N) is 1. The molecule has 0 saturated carbocycles. The fourth-order valence-corrected chi connectivity index (χ4v) is 1.42. The lowest BCUT2D eigenvalue weighted by Gasteiger charge is -2.05. The minimum absolute atomic E-state index is 0.0578. The molecule has 5 nitrogen and oxygen atoms in total. The molecular formula is C10H16N2O3. The summed E-state index contributed by atoms with van der Waals surface area (Å²) in [5.41, 5.74) is 4.99. The quantitative estimate of drug-likeness (QED) is 0.613. The van der Waals surface area contributed by atoms with Crippen molar-refractivity contribution in [2.45, 2.75) is 32.2 Å². The van der Waals surface area contributed by atoms with Gasteiger partial charge in [0.05, 0.1) is 0 Å². The largest absolute Gasteiger partial charge is 0.494 e. The lowest BCUT2D eigenvalue weighted by molar-refractivity contribution is -0.118. The van der Waals surface area contributed by atoms with E-state index in [1.165, 1.54) is 16.7 Å². The summed E-state index contributed by atoms with van der Waals surface area (Å²) < 4.78 is 1.42. The average molecular weight is 212 g/mol. The predicted octanol–water partition coefficient (Wildman–Crippen LogP) is 0.945. The van der Waals surface area contributed by atoms with Crippen molar-refractivity contribution in [1.82, 2.24) is 4.57 Å². The van der Waals surface area contributed by atoms with Gasteiger partial charge in [-0.05, 0) is 12.8 Å². The summed E-state index contributed by atoms with van der Waals surface area (Å²) in [5, 5.41) is 18.6. The molecule has 0 saturated heterocycles. The molecule has 0 atom stereocenters. The lowest BCUT2D eigenvalue weighted by atomic mass is 10.2. The Kier molecular flexibility index (Phi) is 4.03. The Labute approximate surface area is 88.1 Å². The van der Waals surface area contributed by atoms with E-state index in [1.54, 1.807) is 0 Å².